The number of hydrogen-bond acceptors (Lipinski definition) is 18. The molecule has 3 aliphatic rings. The number of thioether (sulfide) groups is 1. The van der Waals surface area contributed by atoms with Gasteiger partial charge in [0.05, 0.1) is 25.0 Å². The number of fused-ring (bicyclic) bond motifs is 2. The first kappa shape index (κ1) is 48.3. The minimum Gasteiger partial charge on any atom is -0.439 e. The number of ether oxygens (including phenoxy) is 2. The maximum atomic E-state index is 12.8. The molecule has 342 valence electrons. The van der Waals surface area contributed by atoms with Crippen LogP contribution in [0.4, 0.5) is 15.5 Å². The van der Waals surface area contributed by atoms with Gasteiger partial charge in [0.15, 0.2) is 23.5 Å². The summed E-state index contributed by atoms with van der Waals surface area (Å²) >= 11 is 1.84. The van der Waals surface area contributed by atoms with Crippen LogP contribution in [0.3, 0.4) is 0 Å². The predicted molar refractivity (Wildman–Crippen MR) is 209 cm³/mol. The van der Waals surface area contributed by atoms with Crippen LogP contribution in [0.15, 0.2) is 11.1 Å². The molecule has 5 rings (SSSR count). The lowest BCUT2D eigenvalue weighted by Crippen LogP contribution is -2.41. The molecule has 3 saturated heterocycles. The van der Waals surface area contributed by atoms with E-state index < -0.39 is 66.3 Å². The van der Waals surface area contributed by atoms with Crippen molar-refractivity contribution in [1.29, 1.82) is 0 Å². The number of carbonyl (C=O) groups excluding carboxylic acids is 4. The Morgan fingerprint density at radius 3 is 2.34 bits per heavy atom. The molecule has 5 amide bonds. The van der Waals surface area contributed by atoms with E-state index in [1.54, 1.807) is 0 Å². The molecule has 0 aromatic carbocycles. The fourth-order valence-electron chi connectivity index (χ4n) is 6.60. The van der Waals surface area contributed by atoms with Gasteiger partial charge in [0.25, 0.3) is 5.56 Å². The molecule has 0 radical (unpaired) electrons. The van der Waals surface area contributed by atoms with Gasteiger partial charge in [-0.2, -0.15) is 25.4 Å². The van der Waals surface area contributed by atoms with E-state index in [2.05, 4.69) is 54.7 Å². The molecule has 13 N–H and O–H groups in total. The Labute approximate surface area is 349 Å². The van der Waals surface area contributed by atoms with E-state index in [0.29, 0.717) is 37.5 Å². The zero-order chi connectivity index (χ0) is 44.5. The van der Waals surface area contributed by atoms with Crippen LogP contribution >= 0.6 is 35.2 Å². The number of nitrogens with zero attached hydrogens (tertiary/aromatic N) is 3. The summed E-state index contributed by atoms with van der Waals surface area (Å²) in [5.74, 6) is 0.202. The molecule has 28 nitrogen and oxygen atoms in total. The number of rotatable bonds is 23. The second kappa shape index (κ2) is 21.1. The van der Waals surface area contributed by atoms with Crippen molar-refractivity contribution in [2.75, 3.05) is 37.7 Å². The van der Waals surface area contributed by atoms with Gasteiger partial charge in [-0.1, -0.05) is 12.8 Å². The Kier molecular flexibility index (Phi) is 16.7. The maximum absolute atomic E-state index is 12.8. The highest BCUT2D eigenvalue weighted by Crippen LogP contribution is 2.66. The number of aliphatic hydroxyl groups is 1. The van der Waals surface area contributed by atoms with Crippen molar-refractivity contribution in [3.05, 3.63) is 16.7 Å². The average molecular weight is 949 g/mol. The van der Waals surface area contributed by atoms with Crippen molar-refractivity contribution in [3.63, 3.8) is 0 Å². The van der Waals surface area contributed by atoms with E-state index in [4.69, 9.17) is 25.0 Å². The molecule has 0 bridgehead atoms. The van der Waals surface area contributed by atoms with Crippen molar-refractivity contribution >= 4 is 76.3 Å². The van der Waals surface area contributed by atoms with E-state index in [1.807, 2.05) is 11.8 Å². The van der Waals surface area contributed by atoms with Crippen LogP contribution in [-0.4, -0.2) is 136 Å². The number of nitrogen functional groups attached to an aromatic ring is 1. The van der Waals surface area contributed by atoms with Crippen molar-refractivity contribution in [1.82, 2.24) is 46.1 Å². The third kappa shape index (κ3) is 14.4. The number of phosphoric ester groups is 1. The Morgan fingerprint density at radius 2 is 1.62 bits per heavy atom. The SMILES string of the molecule is Nc1nc2c(ncn2[C@@H]2O[C@H](COP(=O)(O)OP(=O)(O)OP(=O)(O)O)[C@@H](O)[C@H]2OC(=O)NCCNC(=O)CCCCCNC(=O)CCCC[C@@H]2SC[C@@H]3NC(=O)N[C@@H]32)c(=O)[nH]1. The number of nitrogens with one attached hydrogen (secondary N) is 6. The summed E-state index contributed by atoms with van der Waals surface area (Å²) < 4.78 is 58.9. The number of amides is 5. The number of alkyl carbamates (subject to hydrolysis) is 1. The van der Waals surface area contributed by atoms with Crippen molar-refractivity contribution in [3.8, 4) is 0 Å². The van der Waals surface area contributed by atoms with Crippen molar-refractivity contribution in [2.45, 2.75) is 93.2 Å². The van der Waals surface area contributed by atoms with Crippen LogP contribution in [0, 0.1) is 0 Å². The minimum atomic E-state index is -5.87. The largest absolute Gasteiger partial charge is 0.490 e. The van der Waals surface area contributed by atoms with Gasteiger partial charge in [0, 0.05) is 43.5 Å². The Morgan fingerprint density at radius 1 is 0.934 bits per heavy atom. The highest BCUT2D eigenvalue weighted by molar-refractivity contribution is 8.00. The molecule has 2 aromatic rings. The molecule has 0 aliphatic carbocycles. The fourth-order valence-corrected chi connectivity index (χ4v) is 11.2. The van der Waals surface area contributed by atoms with Gasteiger partial charge in [-0.15, -0.1) is 0 Å². The first-order chi connectivity index (χ1) is 28.7. The predicted octanol–water partition coefficient (Wildman–Crippen LogP) is -1.08. The number of aliphatic hydroxyl groups excluding tert-OH is 1. The monoisotopic (exact) mass is 948 g/mol. The molecule has 32 heteroatoms. The summed E-state index contributed by atoms with van der Waals surface area (Å²) in [5.41, 5.74) is 4.44. The topological polar surface area (TPSA) is 417 Å². The van der Waals surface area contributed by atoms with Gasteiger partial charge < -0.3 is 66.5 Å². The normalized spacial score (nSPS) is 25.5. The number of H-pyrrole nitrogens is 1. The van der Waals surface area contributed by atoms with E-state index in [9.17, 15) is 52.6 Å². The molecule has 2 unspecified atom stereocenters. The van der Waals surface area contributed by atoms with Crippen LogP contribution in [0.5, 0.6) is 0 Å². The maximum Gasteiger partial charge on any atom is 0.490 e. The number of aromatic amines is 1. The molecule has 0 spiro atoms. The van der Waals surface area contributed by atoms with Crippen molar-refractivity contribution in [2.24, 2.45) is 0 Å². The zero-order valence-corrected chi connectivity index (χ0v) is 35.5. The number of unbranched alkanes of at least 4 members (excludes halogenated alkanes) is 3. The van der Waals surface area contributed by atoms with Gasteiger partial charge in [-0.3, -0.25) is 28.5 Å². The lowest BCUT2D eigenvalue weighted by Gasteiger charge is -2.22. The molecule has 5 heterocycles. The number of imidazole rings is 1. The van der Waals surface area contributed by atoms with Gasteiger partial charge in [-0.25, -0.2) is 28.3 Å². The van der Waals surface area contributed by atoms with Crippen LogP contribution in [0.2, 0.25) is 0 Å². The highest BCUT2D eigenvalue weighted by Gasteiger charge is 2.50. The number of hydrogen-bond donors (Lipinski definition) is 12. The van der Waals surface area contributed by atoms with Gasteiger partial charge in [-0.05, 0) is 25.7 Å². The van der Waals surface area contributed by atoms with Gasteiger partial charge >= 0.3 is 35.6 Å². The van der Waals surface area contributed by atoms with Gasteiger partial charge in [0.2, 0.25) is 17.8 Å². The quantitative estimate of drug-likeness (QED) is 0.0358. The summed E-state index contributed by atoms with van der Waals surface area (Å²) in [5, 5.41) is 25.2. The van der Waals surface area contributed by atoms with E-state index in [0.717, 1.165) is 35.9 Å². The first-order valence-corrected chi connectivity index (χ1v) is 24.3. The molecule has 61 heavy (non-hydrogen) atoms. The third-order valence-corrected chi connectivity index (χ3v) is 14.6. The second-order valence-corrected chi connectivity index (χ2v) is 19.6. The Hall–Kier alpha value is -3.69. The summed E-state index contributed by atoms with van der Waals surface area (Å²) in [4.78, 5) is 108. The zero-order valence-electron chi connectivity index (χ0n) is 32.0. The average Bonchev–Trinajstić information content (AvgIpc) is 3.91. The number of phosphoric acid groups is 3. The summed E-state index contributed by atoms with van der Waals surface area (Å²) in [7, 11) is -17.2. The molecule has 2 aromatic heterocycles. The molecular formula is C29H47N10O18P3S. The Bertz CT molecular complexity index is 2110. The third-order valence-electron chi connectivity index (χ3n) is 9.30. The van der Waals surface area contributed by atoms with E-state index in [-0.39, 0.29) is 66.6 Å². The highest BCUT2D eigenvalue weighted by atomic mass is 32.2. The molecule has 3 fully saturated rings. The van der Waals surface area contributed by atoms with Crippen LogP contribution in [0.25, 0.3) is 11.2 Å². The van der Waals surface area contributed by atoms with Gasteiger partial charge in [0.1, 0.15) is 12.2 Å². The molecule has 9 atom stereocenters. The summed E-state index contributed by atoms with van der Waals surface area (Å²) in [6.45, 7) is -0.821. The number of aromatic nitrogens is 4. The summed E-state index contributed by atoms with van der Waals surface area (Å²) in [6, 6.07) is 0.194. The number of urea groups is 1. The lowest BCUT2D eigenvalue weighted by molar-refractivity contribution is -0.122. The van der Waals surface area contributed by atoms with Crippen molar-refractivity contribution < 1.29 is 80.2 Å². The van der Waals surface area contributed by atoms with E-state index in [1.165, 1.54) is 0 Å². The Balaban J connectivity index is 1.01. The smallest absolute Gasteiger partial charge is 0.439 e. The number of carbonyl (C=O) groups is 4. The lowest BCUT2D eigenvalue weighted by atomic mass is 10.0. The van der Waals surface area contributed by atoms with E-state index >= 15 is 0 Å². The van der Waals surface area contributed by atoms with Crippen LogP contribution in [-0.2, 0) is 45.9 Å². The fraction of sp³-hybridized carbons (Fsp3) is 0.690. The minimum absolute atomic E-state index is 0.0236. The van der Waals surface area contributed by atoms with Crippen LogP contribution < -0.4 is 37.9 Å². The molecular weight excluding hydrogens is 901 g/mol. The van der Waals surface area contributed by atoms with Crippen LogP contribution in [0.1, 0.15) is 57.6 Å². The second-order valence-electron chi connectivity index (χ2n) is 13.9. The number of nitrogens with two attached hydrogens (primary N) is 1. The first-order valence-electron chi connectivity index (χ1n) is 18.7. The standard InChI is InChI=1S/C29H47N10O18P3S/c30-27-37-24-21(25(43)38-27)34-14-39(24)26-23(22(42)16(54-26)12-53-59(49,50)57-60(51,52)56-58(46,47)48)55-29(45)33-11-10-32-19(41)7-2-1-5-9-31-18(40)8-4-3-6-17-20-15(13-61-17)35-28(44)36-20/h14-17,20,22-23,26,42H,1-13H2,(H,31,40)(H,32,41)(H,33,45)(H,49,50)(H,51,52)(H2,35,36,44)(H2,46,47,48)(H3,30,37,38,43)/t15-,16+,17-,20-,22+,23+,26+/m0/s1. The molecule has 3 aliphatic heterocycles. The summed E-state index contributed by atoms with van der Waals surface area (Å²) in [6.07, 6.45) is -1.92. The number of anilines is 1. The molecule has 0 saturated carbocycles.